The van der Waals surface area contributed by atoms with E-state index < -0.39 is 0 Å². The molecule has 2 aliphatic rings. The van der Waals surface area contributed by atoms with E-state index in [1.807, 2.05) is 0 Å². The van der Waals surface area contributed by atoms with Crippen LogP contribution >= 0.6 is 0 Å². The number of hydrogen-bond acceptors (Lipinski definition) is 1. The first-order valence-corrected chi connectivity index (χ1v) is 6.46. The summed E-state index contributed by atoms with van der Waals surface area (Å²) in [6.45, 7) is 2.00. The molecule has 1 aliphatic heterocycles. The van der Waals surface area contributed by atoms with E-state index >= 15 is 0 Å². The van der Waals surface area contributed by atoms with E-state index in [0.717, 1.165) is 13.2 Å². The molecule has 2 rings (SSSR count). The van der Waals surface area contributed by atoms with Crippen molar-refractivity contribution in [2.75, 3.05) is 13.2 Å². The summed E-state index contributed by atoms with van der Waals surface area (Å²) < 4.78 is 6.66. The Morgan fingerprint density at radius 3 is 2.00 bits per heavy atom. The molecule has 72 valence electrons. The molecule has 0 bridgehead atoms. The van der Waals surface area contributed by atoms with E-state index in [2.05, 4.69) is 6.08 Å². The normalized spacial score (nSPS) is 20.9. The molecule has 0 N–H and O–H groups in total. The summed E-state index contributed by atoms with van der Waals surface area (Å²) in [4.78, 5) is 0. The summed E-state index contributed by atoms with van der Waals surface area (Å²) in [5.74, 6) is 0. The Bertz CT molecular complexity index is 136. The minimum atomic E-state index is 0. The van der Waals surface area contributed by atoms with Crippen molar-refractivity contribution in [2.45, 2.75) is 38.5 Å². The van der Waals surface area contributed by atoms with Crippen LogP contribution < -0.4 is 17.0 Å². The van der Waals surface area contributed by atoms with Gasteiger partial charge in [0.2, 0.25) is 0 Å². The predicted octanol–water partition coefficient (Wildman–Crippen LogP) is -0.208. The number of allylic oxidation sites excluding steroid dienone is 2. The van der Waals surface area contributed by atoms with Gasteiger partial charge in [-0.15, -0.1) is 0 Å². The third-order valence-electron chi connectivity index (χ3n) is 2.21. The van der Waals surface area contributed by atoms with Crippen LogP contribution in [-0.4, -0.2) is 13.2 Å². The second-order valence-corrected chi connectivity index (χ2v) is 5.33. The maximum atomic E-state index is 4.94. The van der Waals surface area contributed by atoms with E-state index in [1.54, 1.807) is 4.17 Å². The van der Waals surface area contributed by atoms with Crippen molar-refractivity contribution in [3.05, 3.63) is 10.2 Å². The van der Waals surface area contributed by atoms with Crippen LogP contribution in [0.1, 0.15) is 38.5 Å². The molecule has 0 spiro atoms. The van der Waals surface area contributed by atoms with E-state index in [9.17, 15) is 0 Å². The van der Waals surface area contributed by atoms with Crippen LogP contribution in [0.3, 0.4) is 0 Å². The van der Waals surface area contributed by atoms with Crippen LogP contribution in [0.15, 0.2) is 10.2 Å². The van der Waals surface area contributed by atoms with E-state index in [0.29, 0.717) is 0 Å². The zero-order chi connectivity index (χ0) is 8.65. The molecule has 1 fully saturated rings. The van der Waals surface area contributed by atoms with Crippen molar-refractivity contribution in [1.29, 1.82) is 0 Å². The molecule has 0 aromatic carbocycles. The fourth-order valence-corrected chi connectivity index (χ4v) is 2.37. The van der Waals surface area contributed by atoms with Gasteiger partial charge in [-0.3, -0.25) is 0 Å². The second kappa shape index (κ2) is 9.36. The Morgan fingerprint density at radius 1 is 1.08 bits per heavy atom. The Hall–Kier alpha value is 0.803. The molecule has 1 saturated heterocycles. The van der Waals surface area contributed by atoms with Gasteiger partial charge in [-0.1, -0.05) is 0 Å². The summed E-state index contributed by atoms with van der Waals surface area (Å²) in [5.41, 5.74) is 0. The van der Waals surface area contributed by atoms with Crippen LogP contribution in [0.2, 0.25) is 0 Å². The fraction of sp³-hybridized carbons (Fsp3) is 0.800. The average Bonchev–Trinajstić information content (AvgIpc) is 2.62. The number of halogens is 1. The van der Waals surface area contributed by atoms with Gasteiger partial charge < -0.3 is 21.7 Å². The maximum absolute atomic E-state index is 4.94. The van der Waals surface area contributed by atoms with Crippen molar-refractivity contribution < 1.29 is 40.0 Å². The molecule has 0 unspecified atom stereocenters. The summed E-state index contributed by atoms with van der Waals surface area (Å²) in [5, 5.41) is 0. The number of rotatable bonds is 0. The summed E-state index contributed by atoms with van der Waals surface area (Å²) in [6, 6.07) is 0. The van der Waals surface area contributed by atoms with Gasteiger partial charge in [0.05, 0.1) is 0 Å². The molecule has 0 radical (unpaired) electrons. The summed E-state index contributed by atoms with van der Waals surface area (Å²) in [6.07, 6.45) is 10.6. The molecule has 0 aromatic rings. The van der Waals surface area contributed by atoms with Crippen LogP contribution in [0, 0.1) is 0 Å². The molecule has 13 heavy (non-hydrogen) atoms. The first-order chi connectivity index (χ1) is 5.89. The molecular weight excluding hydrogens is 281 g/mol. The Morgan fingerprint density at radius 2 is 1.77 bits per heavy atom. The molecule has 1 aliphatic carbocycles. The first kappa shape index (κ1) is 13.8. The first-order valence-electron chi connectivity index (χ1n) is 4.98. The third-order valence-corrected chi connectivity index (χ3v) is 3.56. The molecule has 0 amide bonds. The standard InChI is InChI=1S/C6H9.C4H8O.BrH.Zn/c1-2-4-6-5-3-1;1-2-4-5-3-1;;/h1H,2,4-6H2;1-4H2;1H;/q;;;+1/p-1. The molecule has 1 heterocycles. The SMILES string of the molecule is C1CCOC1.[Br-].[Zn+][C]1=CCCCC1. The van der Waals surface area contributed by atoms with Crippen molar-refractivity contribution in [3.63, 3.8) is 0 Å². The predicted molar refractivity (Wildman–Crippen MR) is 46.6 cm³/mol. The van der Waals surface area contributed by atoms with Gasteiger partial charge in [0.15, 0.2) is 0 Å². The summed E-state index contributed by atoms with van der Waals surface area (Å²) in [7, 11) is 0. The van der Waals surface area contributed by atoms with Crippen LogP contribution in [0.25, 0.3) is 0 Å². The fourth-order valence-electron chi connectivity index (χ4n) is 1.41. The number of ether oxygens (including phenoxy) is 1. The average molecular weight is 299 g/mol. The second-order valence-electron chi connectivity index (χ2n) is 3.43. The van der Waals surface area contributed by atoms with Crippen LogP contribution in [-0.2, 0) is 23.0 Å². The Balaban J connectivity index is 0.000000215. The van der Waals surface area contributed by atoms with Gasteiger partial charge in [0, 0.05) is 13.2 Å². The van der Waals surface area contributed by atoms with E-state index in [1.165, 1.54) is 56.8 Å². The van der Waals surface area contributed by atoms with Gasteiger partial charge in [-0.25, -0.2) is 0 Å². The van der Waals surface area contributed by atoms with Crippen LogP contribution in [0.5, 0.6) is 0 Å². The molecule has 0 saturated carbocycles. The molecule has 0 aromatic heterocycles. The Labute approximate surface area is 102 Å². The van der Waals surface area contributed by atoms with Gasteiger partial charge in [-0.2, -0.15) is 0 Å². The Kier molecular flexibility index (Phi) is 9.94. The van der Waals surface area contributed by atoms with Gasteiger partial charge >= 0.3 is 54.2 Å². The van der Waals surface area contributed by atoms with Crippen molar-refractivity contribution in [3.8, 4) is 0 Å². The van der Waals surface area contributed by atoms with Gasteiger partial charge in [-0.05, 0) is 12.8 Å². The minimum absolute atomic E-state index is 0. The van der Waals surface area contributed by atoms with Gasteiger partial charge in [0.25, 0.3) is 0 Å². The van der Waals surface area contributed by atoms with Gasteiger partial charge in [0.1, 0.15) is 0 Å². The molecule has 0 atom stereocenters. The monoisotopic (exact) mass is 296 g/mol. The topological polar surface area (TPSA) is 9.23 Å². The zero-order valence-corrected chi connectivity index (χ0v) is 12.8. The van der Waals surface area contributed by atoms with Crippen LogP contribution in [0.4, 0.5) is 0 Å². The van der Waals surface area contributed by atoms with E-state index in [-0.39, 0.29) is 17.0 Å². The zero-order valence-electron chi connectivity index (χ0n) is 8.23. The summed E-state index contributed by atoms with van der Waals surface area (Å²) >= 11 is 1.40. The number of hydrogen-bond donors (Lipinski definition) is 0. The molecular formula is C10H17BrOZn. The molecule has 1 nitrogen and oxygen atoms in total. The third kappa shape index (κ3) is 7.84. The van der Waals surface area contributed by atoms with E-state index in [4.69, 9.17) is 4.74 Å². The molecule has 3 heteroatoms. The van der Waals surface area contributed by atoms with Crippen molar-refractivity contribution in [1.82, 2.24) is 0 Å². The van der Waals surface area contributed by atoms with Crippen molar-refractivity contribution in [2.24, 2.45) is 0 Å². The van der Waals surface area contributed by atoms with Crippen molar-refractivity contribution >= 4 is 0 Å². The quantitative estimate of drug-likeness (QED) is 0.563.